The van der Waals surface area contributed by atoms with E-state index in [0.717, 1.165) is 77.8 Å². The molecule has 2 heterocycles. The van der Waals surface area contributed by atoms with Crippen molar-refractivity contribution in [3.63, 3.8) is 0 Å². The van der Waals surface area contributed by atoms with E-state index in [4.69, 9.17) is 14.4 Å². The molecule has 0 radical (unpaired) electrons. The molecule has 1 aliphatic heterocycles. The number of amidine groups is 2. The molecule has 0 fully saturated rings. The van der Waals surface area contributed by atoms with E-state index in [1.165, 1.54) is 11.1 Å². The van der Waals surface area contributed by atoms with E-state index in [1.807, 2.05) is 24.3 Å². The second-order valence-electron chi connectivity index (χ2n) is 13.8. The molecular weight excluding hydrogens is 671 g/mol. The van der Waals surface area contributed by atoms with Crippen molar-refractivity contribution >= 4 is 33.6 Å². The third-order valence-electron chi connectivity index (χ3n) is 10.4. The zero-order valence-electron chi connectivity index (χ0n) is 29.9. The van der Waals surface area contributed by atoms with Crippen LogP contribution in [-0.4, -0.2) is 11.7 Å². The Bertz CT molecular complexity index is 2880. The van der Waals surface area contributed by atoms with Crippen LogP contribution in [0.15, 0.2) is 215 Å². The van der Waals surface area contributed by atoms with Crippen molar-refractivity contribution in [1.29, 1.82) is 0 Å². The largest absolute Gasteiger partial charge is 0.455 e. The minimum atomic E-state index is -0.323. The average molecular weight is 706 g/mol. The van der Waals surface area contributed by atoms with Crippen LogP contribution in [-0.2, 0) is 0 Å². The SMILES string of the molecule is c1ccc(C2=NC(c3ccc(-c4cccc(-c5ccccc5)c4)c4oc5c(-c6cccc(-c7ccccc7)c6)cccc5c34)=NC(c3ccccc3)N2)cc1. The van der Waals surface area contributed by atoms with Gasteiger partial charge in [0.15, 0.2) is 5.84 Å². The first kappa shape index (κ1) is 32.4. The number of nitrogens with one attached hydrogen (secondary N) is 1. The van der Waals surface area contributed by atoms with Crippen LogP contribution < -0.4 is 5.32 Å². The first-order valence-corrected chi connectivity index (χ1v) is 18.6. The zero-order chi connectivity index (χ0) is 36.6. The summed E-state index contributed by atoms with van der Waals surface area (Å²) < 4.78 is 7.15. The van der Waals surface area contributed by atoms with Gasteiger partial charge >= 0.3 is 0 Å². The fourth-order valence-electron chi connectivity index (χ4n) is 7.65. The summed E-state index contributed by atoms with van der Waals surface area (Å²) in [4.78, 5) is 10.5. The highest BCUT2D eigenvalue weighted by molar-refractivity contribution is 6.24. The van der Waals surface area contributed by atoms with E-state index in [2.05, 4.69) is 181 Å². The second kappa shape index (κ2) is 13.9. The van der Waals surface area contributed by atoms with Gasteiger partial charge in [0.1, 0.15) is 23.2 Å². The van der Waals surface area contributed by atoms with E-state index in [-0.39, 0.29) is 6.17 Å². The molecule has 8 aromatic carbocycles. The van der Waals surface area contributed by atoms with Gasteiger partial charge in [-0.25, -0.2) is 9.98 Å². The molecule has 0 saturated carbocycles. The molecule has 0 amide bonds. The van der Waals surface area contributed by atoms with E-state index >= 15 is 0 Å². The number of hydrogen-bond acceptors (Lipinski definition) is 4. The van der Waals surface area contributed by atoms with Crippen molar-refractivity contribution in [2.75, 3.05) is 0 Å². The molecule has 10 rings (SSSR count). The topological polar surface area (TPSA) is 49.9 Å². The lowest BCUT2D eigenvalue weighted by Gasteiger charge is -2.24. The summed E-state index contributed by atoms with van der Waals surface area (Å²) in [7, 11) is 0. The number of furan rings is 1. The van der Waals surface area contributed by atoms with Crippen LogP contribution in [0.3, 0.4) is 0 Å². The van der Waals surface area contributed by atoms with Gasteiger partial charge in [-0.1, -0.05) is 176 Å². The van der Waals surface area contributed by atoms with Crippen LogP contribution in [0.5, 0.6) is 0 Å². The lowest BCUT2D eigenvalue weighted by Crippen LogP contribution is -2.33. The minimum absolute atomic E-state index is 0.323. The van der Waals surface area contributed by atoms with E-state index in [9.17, 15) is 0 Å². The van der Waals surface area contributed by atoms with Gasteiger partial charge in [0.25, 0.3) is 0 Å². The Morgan fingerprint density at radius 2 is 0.891 bits per heavy atom. The Kier molecular flexibility index (Phi) is 8.19. The molecule has 1 atom stereocenters. The molecular formula is C51H35N3O. The summed E-state index contributed by atoms with van der Waals surface area (Å²) in [6, 6.07) is 69.8. The quantitative estimate of drug-likeness (QED) is 0.179. The third kappa shape index (κ3) is 6.10. The molecule has 1 N–H and O–H groups in total. The van der Waals surface area contributed by atoms with Crippen LogP contribution >= 0.6 is 0 Å². The van der Waals surface area contributed by atoms with Gasteiger partial charge in [-0.2, -0.15) is 0 Å². The maximum absolute atomic E-state index is 7.15. The molecule has 4 heteroatoms. The fraction of sp³-hybridized carbons (Fsp3) is 0.0196. The Hall–Kier alpha value is -7.30. The highest BCUT2D eigenvalue weighted by atomic mass is 16.3. The van der Waals surface area contributed by atoms with Crippen LogP contribution in [0, 0.1) is 0 Å². The summed E-state index contributed by atoms with van der Waals surface area (Å²) in [5.74, 6) is 1.43. The van der Waals surface area contributed by atoms with Crippen LogP contribution in [0.1, 0.15) is 22.9 Å². The lowest BCUT2D eigenvalue weighted by atomic mass is 9.94. The molecule has 4 nitrogen and oxygen atoms in total. The van der Waals surface area contributed by atoms with Gasteiger partial charge in [-0.15, -0.1) is 0 Å². The summed E-state index contributed by atoms with van der Waals surface area (Å²) in [5, 5.41) is 5.62. The highest BCUT2D eigenvalue weighted by Crippen LogP contribution is 2.43. The molecule has 0 spiro atoms. The smallest absolute Gasteiger partial charge is 0.160 e. The maximum atomic E-state index is 7.15. The molecule has 9 aromatic rings. The van der Waals surface area contributed by atoms with Crippen molar-refractivity contribution in [2.24, 2.45) is 9.98 Å². The van der Waals surface area contributed by atoms with E-state index < -0.39 is 0 Å². The van der Waals surface area contributed by atoms with E-state index in [1.54, 1.807) is 0 Å². The van der Waals surface area contributed by atoms with Gasteiger partial charge in [-0.05, 0) is 63.2 Å². The Morgan fingerprint density at radius 3 is 1.51 bits per heavy atom. The van der Waals surface area contributed by atoms with E-state index in [0.29, 0.717) is 5.84 Å². The summed E-state index contributed by atoms with van der Waals surface area (Å²) in [6.07, 6.45) is -0.323. The van der Waals surface area contributed by atoms with Crippen molar-refractivity contribution in [1.82, 2.24) is 5.32 Å². The number of para-hydroxylation sites is 1. The van der Waals surface area contributed by atoms with Crippen molar-refractivity contribution in [2.45, 2.75) is 6.17 Å². The molecule has 260 valence electrons. The minimum Gasteiger partial charge on any atom is -0.455 e. The standard InChI is InChI=1S/C51H35N3O/c1-5-16-34(17-6-1)38-24-13-26-40(32-38)42-28-15-29-44-46-45(51-53-49(36-20-9-3-10-21-36)52-50(54-51)37-22-11-4-12-23-37)31-30-43(48(46)55-47(42)44)41-27-14-25-39(33-41)35-18-7-2-8-19-35/h1-33,49H,(H,52,53,54). The first-order chi connectivity index (χ1) is 27.3. The number of benzene rings is 8. The molecule has 55 heavy (non-hydrogen) atoms. The number of nitrogens with zero attached hydrogens (tertiary/aromatic N) is 2. The van der Waals surface area contributed by atoms with Crippen LogP contribution in [0.2, 0.25) is 0 Å². The van der Waals surface area contributed by atoms with Gasteiger partial charge in [-0.3, -0.25) is 0 Å². The molecule has 1 aromatic heterocycles. The van der Waals surface area contributed by atoms with Gasteiger partial charge in [0, 0.05) is 33.0 Å². The first-order valence-electron chi connectivity index (χ1n) is 18.6. The van der Waals surface area contributed by atoms with Crippen molar-refractivity contribution in [3.05, 3.63) is 217 Å². The van der Waals surface area contributed by atoms with Gasteiger partial charge in [0.05, 0.1) is 0 Å². The van der Waals surface area contributed by atoms with Crippen molar-refractivity contribution < 1.29 is 4.42 Å². The predicted octanol–water partition coefficient (Wildman–Crippen LogP) is 12.7. The predicted molar refractivity (Wildman–Crippen MR) is 227 cm³/mol. The monoisotopic (exact) mass is 705 g/mol. The van der Waals surface area contributed by atoms with Crippen LogP contribution in [0.25, 0.3) is 66.4 Å². The number of fused-ring (bicyclic) bond motifs is 3. The molecule has 0 aliphatic carbocycles. The summed E-state index contributed by atoms with van der Waals surface area (Å²) >= 11 is 0. The second-order valence-corrected chi connectivity index (χ2v) is 13.8. The Labute approximate surface area is 319 Å². The number of aliphatic imine (C=N–C) groups is 2. The molecule has 1 unspecified atom stereocenters. The molecule has 0 saturated heterocycles. The van der Waals surface area contributed by atoms with Crippen molar-refractivity contribution in [3.8, 4) is 44.5 Å². The fourth-order valence-corrected chi connectivity index (χ4v) is 7.65. The van der Waals surface area contributed by atoms with Gasteiger partial charge in [0.2, 0.25) is 0 Å². The summed E-state index contributed by atoms with van der Waals surface area (Å²) in [5.41, 5.74) is 13.5. The van der Waals surface area contributed by atoms with Gasteiger partial charge < -0.3 is 9.73 Å². The normalized spacial score (nSPS) is 14.0. The summed E-state index contributed by atoms with van der Waals surface area (Å²) in [6.45, 7) is 0. The third-order valence-corrected chi connectivity index (χ3v) is 10.4. The number of rotatable bonds is 7. The molecule has 1 aliphatic rings. The highest BCUT2D eigenvalue weighted by Gasteiger charge is 2.26. The molecule has 0 bridgehead atoms. The lowest BCUT2D eigenvalue weighted by molar-refractivity contribution is 0.670. The zero-order valence-corrected chi connectivity index (χ0v) is 29.9. The Balaban J connectivity index is 1.22. The van der Waals surface area contributed by atoms with Crippen LogP contribution in [0.4, 0.5) is 0 Å². The maximum Gasteiger partial charge on any atom is 0.160 e. The number of hydrogen-bond donors (Lipinski definition) is 1. The Morgan fingerprint density at radius 1 is 0.400 bits per heavy atom. The average Bonchev–Trinajstić information content (AvgIpc) is 3.67.